The van der Waals surface area contributed by atoms with Gasteiger partial charge < -0.3 is 10.2 Å². The van der Waals surface area contributed by atoms with Crippen LogP contribution in [-0.4, -0.2) is 38.8 Å². The van der Waals surface area contributed by atoms with Gasteiger partial charge in [-0.25, -0.2) is 0 Å². The maximum atomic E-state index is 9.19. The SMILES string of the molecule is CC(C)(O)CC(C)(C)O.[AlH3]. The maximum Gasteiger partial charge on any atom is 0.187 e. The summed E-state index contributed by atoms with van der Waals surface area (Å²) in [6.07, 6.45) is 0.403. The minimum Gasteiger partial charge on any atom is -0.390 e. The summed E-state index contributed by atoms with van der Waals surface area (Å²) in [5.41, 5.74) is -1.53. The van der Waals surface area contributed by atoms with Gasteiger partial charge in [0.15, 0.2) is 17.4 Å². The number of hydrogen-bond acceptors (Lipinski definition) is 2. The molecule has 2 nitrogen and oxygen atoms in total. The summed E-state index contributed by atoms with van der Waals surface area (Å²) in [7, 11) is 0. The lowest BCUT2D eigenvalue weighted by molar-refractivity contribution is -0.0244. The van der Waals surface area contributed by atoms with Crippen molar-refractivity contribution >= 4 is 17.4 Å². The highest BCUT2D eigenvalue weighted by atomic mass is 27.0. The first-order valence-corrected chi connectivity index (χ1v) is 3.15. The van der Waals surface area contributed by atoms with E-state index in [-0.39, 0.29) is 17.4 Å². The Hall–Kier alpha value is 0.452. The van der Waals surface area contributed by atoms with Crippen molar-refractivity contribution in [3.8, 4) is 0 Å². The predicted octanol–water partition coefficient (Wildman–Crippen LogP) is -0.266. The van der Waals surface area contributed by atoms with Crippen LogP contribution in [0.2, 0.25) is 0 Å². The number of aliphatic hydroxyl groups is 2. The van der Waals surface area contributed by atoms with E-state index in [1.807, 2.05) is 0 Å². The molecule has 0 fully saturated rings. The van der Waals surface area contributed by atoms with Gasteiger partial charge in [-0.1, -0.05) is 0 Å². The topological polar surface area (TPSA) is 40.5 Å². The molecule has 0 spiro atoms. The standard InChI is InChI=1S/C7H16O2.Al.3H/c1-6(2,8)5-7(3,4)9;;;;/h8-9H,5H2,1-4H3;;;;. The average molecular weight is 162 g/mol. The molecule has 0 atom stereocenters. The Morgan fingerprint density at radius 2 is 1.10 bits per heavy atom. The molecule has 0 aromatic heterocycles. The van der Waals surface area contributed by atoms with Crippen molar-refractivity contribution < 1.29 is 10.2 Å². The van der Waals surface area contributed by atoms with Crippen molar-refractivity contribution in [1.82, 2.24) is 0 Å². The van der Waals surface area contributed by atoms with Crippen LogP contribution in [0.5, 0.6) is 0 Å². The Morgan fingerprint density at radius 1 is 0.900 bits per heavy atom. The van der Waals surface area contributed by atoms with Crippen molar-refractivity contribution in [2.75, 3.05) is 0 Å². The van der Waals surface area contributed by atoms with Crippen LogP contribution in [0.1, 0.15) is 34.1 Å². The fourth-order valence-electron chi connectivity index (χ4n) is 1.06. The Kier molecular flexibility index (Phi) is 4.88. The molecule has 0 bridgehead atoms. The lowest BCUT2D eigenvalue weighted by Gasteiger charge is -2.26. The first-order chi connectivity index (χ1) is 3.71. The van der Waals surface area contributed by atoms with Crippen LogP contribution in [0.15, 0.2) is 0 Å². The lowest BCUT2D eigenvalue weighted by Crippen LogP contribution is -2.32. The van der Waals surface area contributed by atoms with Gasteiger partial charge >= 0.3 is 0 Å². The van der Waals surface area contributed by atoms with E-state index >= 15 is 0 Å². The number of hydrogen-bond donors (Lipinski definition) is 2. The molecule has 62 valence electrons. The Balaban J connectivity index is 0. The van der Waals surface area contributed by atoms with E-state index in [0.717, 1.165) is 0 Å². The molecule has 0 saturated heterocycles. The first-order valence-electron chi connectivity index (χ1n) is 3.15. The summed E-state index contributed by atoms with van der Waals surface area (Å²) in [6, 6.07) is 0. The normalized spacial score (nSPS) is 12.6. The minimum absolute atomic E-state index is 0. The van der Waals surface area contributed by atoms with Gasteiger partial charge in [-0.15, -0.1) is 0 Å². The number of rotatable bonds is 2. The van der Waals surface area contributed by atoms with E-state index in [1.54, 1.807) is 27.7 Å². The molecule has 0 amide bonds. The third-order valence-electron chi connectivity index (χ3n) is 0.865. The molecule has 0 unspecified atom stereocenters. The van der Waals surface area contributed by atoms with Crippen molar-refractivity contribution in [3.05, 3.63) is 0 Å². The molecule has 2 N–H and O–H groups in total. The molecule has 3 heteroatoms. The first kappa shape index (κ1) is 13.1. The second kappa shape index (κ2) is 3.73. The summed E-state index contributed by atoms with van der Waals surface area (Å²) >= 11 is 0. The summed E-state index contributed by atoms with van der Waals surface area (Å²) in [4.78, 5) is 0. The third kappa shape index (κ3) is 11.3. The zero-order valence-electron chi connectivity index (χ0n) is 6.60. The van der Waals surface area contributed by atoms with Gasteiger partial charge in [0.05, 0.1) is 11.2 Å². The summed E-state index contributed by atoms with van der Waals surface area (Å²) in [5.74, 6) is 0. The molecular weight excluding hydrogens is 143 g/mol. The molecular formula is C7H19AlO2. The summed E-state index contributed by atoms with van der Waals surface area (Å²) in [5, 5.41) is 18.4. The van der Waals surface area contributed by atoms with E-state index in [9.17, 15) is 10.2 Å². The van der Waals surface area contributed by atoms with Crippen LogP contribution in [0.4, 0.5) is 0 Å². The van der Waals surface area contributed by atoms with Gasteiger partial charge in [0.2, 0.25) is 0 Å². The van der Waals surface area contributed by atoms with Crippen LogP contribution in [0.3, 0.4) is 0 Å². The summed E-state index contributed by atoms with van der Waals surface area (Å²) < 4.78 is 0. The molecule has 0 aliphatic rings. The van der Waals surface area contributed by atoms with E-state index in [2.05, 4.69) is 0 Å². The van der Waals surface area contributed by atoms with Gasteiger partial charge in [-0.2, -0.15) is 0 Å². The minimum atomic E-state index is -0.766. The van der Waals surface area contributed by atoms with E-state index in [0.29, 0.717) is 6.42 Å². The molecule has 0 aliphatic carbocycles. The smallest absolute Gasteiger partial charge is 0.187 e. The van der Waals surface area contributed by atoms with Gasteiger partial charge in [0.25, 0.3) is 0 Å². The van der Waals surface area contributed by atoms with Crippen molar-refractivity contribution in [2.45, 2.75) is 45.3 Å². The quantitative estimate of drug-likeness (QED) is 0.549. The zero-order chi connectivity index (χ0) is 7.71. The van der Waals surface area contributed by atoms with Crippen LogP contribution in [0.25, 0.3) is 0 Å². The lowest BCUT2D eigenvalue weighted by atomic mass is 9.93. The Morgan fingerprint density at radius 3 is 1.10 bits per heavy atom. The highest BCUT2D eigenvalue weighted by Crippen LogP contribution is 2.18. The second-order valence-corrected chi connectivity index (χ2v) is 3.80. The fourth-order valence-corrected chi connectivity index (χ4v) is 1.06. The Labute approximate surface area is 73.4 Å². The Bertz CT molecular complexity index is 76.8. The molecule has 0 saturated carbocycles. The van der Waals surface area contributed by atoms with Crippen LogP contribution in [-0.2, 0) is 0 Å². The van der Waals surface area contributed by atoms with E-state index in [1.165, 1.54) is 0 Å². The monoisotopic (exact) mass is 162 g/mol. The second-order valence-electron chi connectivity index (χ2n) is 3.80. The molecule has 0 aromatic carbocycles. The van der Waals surface area contributed by atoms with Crippen LogP contribution in [0, 0.1) is 0 Å². The van der Waals surface area contributed by atoms with Gasteiger partial charge in [-0.05, 0) is 27.7 Å². The largest absolute Gasteiger partial charge is 0.390 e. The molecule has 0 radical (unpaired) electrons. The van der Waals surface area contributed by atoms with Crippen LogP contribution < -0.4 is 0 Å². The van der Waals surface area contributed by atoms with Crippen LogP contribution >= 0.6 is 0 Å². The maximum absolute atomic E-state index is 9.19. The molecule has 10 heavy (non-hydrogen) atoms. The van der Waals surface area contributed by atoms with Crippen molar-refractivity contribution in [2.24, 2.45) is 0 Å². The average Bonchev–Trinajstić information content (AvgIpc) is 1.14. The molecule has 0 heterocycles. The van der Waals surface area contributed by atoms with E-state index in [4.69, 9.17) is 0 Å². The fraction of sp³-hybridized carbons (Fsp3) is 1.00. The van der Waals surface area contributed by atoms with Gasteiger partial charge in [-0.3, -0.25) is 0 Å². The molecule has 0 aromatic rings. The van der Waals surface area contributed by atoms with Crippen molar-refractivity contribution in [1.29, 1.82) is 0 Å². The highest BCUT2D eigenvalue weighted by Gasteiger charge is 2.23. The third-order valence-corrected chi connectivity index (χ3v) is 0.865. The zero-order valence-corrected chi connectivity index (χ0v) is 6.60. The van der Waals surface area contributed by atoms with Crippen molar-refractivity contribution in [3.63, 3.8) is 0 Å². The highest BCUT2D eigenvalue weighted by molar-refractivity contribution is 5.75. The molecule has 0 rings (SSSR count). The van der Waals surface area contributed by atoms with E-state index < -0.39 is 11.2 Å². The van der Waals surface area contributed by atoms with Gasteiger partial charge in [0, 0.05) is 6.42 Å². The molecule has 0 aliphatic heterocycles. The predicted molar refractivity (Wildman–Crippen MR) is 47.2 cm³/mol. The van der Waals surface area contributed by atoms with Gasteiger partial charge in [0.1, 0.15) is 0 Å². The summed E-state index contributed by atoms with van der Waals surface area (Å²) in [6.45, 7) is 6.74.